The van der Waals surface area contributed by atoms with Gasteiger partial charge in [0.25, 0.3) is 5.91 Å². The number of hydrogen-bond acceptors (Lipinski definition) is 4. The van der Waals surface area contributed by atoms with Crippen molar-refractivity contribution in [1.82, 2.24) is 10.2 Å². The maximum atomic E-state index is 13.0. The molecule has 0 bridgehead atoms. The van der Waals surface area contributed by atoms with Gasteiger partial charge in [0.2, 0.25) is 0 Å². The number of amides is 1. The molecule has 4 rings (SSSR count). The van der Waals surface area contributed by atoms with E-state index < -0.39 is 0 Å². The molecule has 0 radical (unpaired) electrons. The highest BCUT2D eigenvalue weighted by atomic mass is 16.5. The summed E-state index contributed by atoms with van der Waals surface area (Å²) in [6, 6.07) is 24.7. The Labute approximate surface area is 189 Å². The van der Waals surface area contributed by atoms with E-state index in [9.17, 15) is 9.59 Å². The number of hydrogen-bond donors (Lipinski definition) is 1. The highest BCUT2D eigenvalue weighted by Gasteiger charge is 2.23. The summed E-state index contributed by atoms with van der Waals surface area (Å²) in [5.74, 6) is -0.413. The van der Waals surface area contributed by atoms with E-state index in [4.69, 9.17) is 4.74 Å². The van der Waals surface area contributed by atoms with Gasteiger partial charge in [-0.25, -0.2) is 0 Å². The Morgan fingerprint density at radius 3 is 2.38 bits per heavy atom. The average molecular weight is 429 g/mol. The van der Waals surface area contributed by atoms with Crippen molar-refractivity contribution in [2.45, 2.75) is 19.6 Å². The van der Waals surface area contributed by atoms with Gasteiger partial charge in [0.05, 0.1) is 18.3 Å². The van der Waals surface area contributed by atoms with E-state index in [-0.39, 0.29) is 17.8 Å². The topological polar surface area (TPSA) is 58.6 Å². The number of carbonyl (C=O) groups excluding carboxylic acids is 2. The Kier molecular flexibility index (Phi) is 7.10. The summed E-state index contributed by atoms with van der Waals surface area (Å²) in [4.78, 5) is 28.3. The van der Waals surface area contributed by atoms with Crippen molar-refractivity contribution in [3.8, 4) is 0 Å². The fraction of sp³-hybridized carbons (Fsp3) is 0.259. The molecule has 0 spiro atoms. The largest absolute Gasteiger partial charge is 0.374 e. The molecule has 1 N–H and O–H groups in total. The minimum Gasteiger partial charge on any atom is -0.374 e. The van der Waals surface area contributed by atoms with Crippen LogP contribution >= 0.6 is 0 Å². The third kappa shape index (κ3) is 5.49. The van der Waals surface area contributed by atoms with Crippen LogP contribution in [0.5, 0.6) is 0 Å². The molecule has 164 valence electrons. The van der Waals surface area contributed by atoms with Crippen molar-refractivity contribution < 1.29 is 14.3 Å². The molecule has 1 atom stereocenters. The van der Waals surface area contributed by atoms with Gasteiger partial charge in [-0.15, -0.1) is 0 Å². The zero-order chi connectivity index (χ0) is 22.3. The normalized spacial score (nSPS) is 16.5. The standard InChI is InChI=1S/C27H28N2O3/c1-20-11-13-22(14-12-20)26(30)24-9-5-6-10-25(24)27(31)28-17-23-19-29(15-16-32-23)18-21-7-3-2-4-8-21/h2-14,23H,15-19H2,1H3,(H,28,31). The quantitative estimate of drug-likeness (QED) is 0.581. The third-order valence-corrected chi connectivity index (χ3v) is 5.69. The Bertz CT molecular complexity index is 1060. The van der Waals surface area contributed by atoms with Gasteiger partial charge in [0.15, 0.2) is 5.78 Å². The van der Waals surface area contributed by atoms with Crippen LogP contribution in [0.2, 0.25) is 0 Å². The SMILES string of the molecule is Cc1ccc(C(=O)c2ccccc2C(=O)NCC2CN(Cc3ccccc3)CCO2)cc1. The molecule has 3 aromatic rings. The Morgan fingerprint density at radius 2 is 1.62 bits per heavy atom. The first-order valence-corrected chi connectivity index (χ1v) is 11.0. The smallest absolute Gasteiger partial charge is 0.252 e. The first kappa shape index (κ1) is 21.9. The lowest BCUT2D eigenvalue weighted by atomic mass is 9.97. The van der Waals surface area contributed by atoms with Gasteiger partial charge in [-0.1, -0.05) is 78.4 Å². The van der Waals surface area contributed by atoms with Crippen LogP contribution in [0, 0.1) is 6.92 Å². The summed E-state index contributed by atoms with van der Waals surface area (Å²) in [5.41, 5.74) is 3.71. The van der Waals surface area contributed by atoms with E-state index in [2.05, 4.69) is 22.3 Å². The zero-order valence-electron chi connectivity index (χ0n) is 18.3. The van der Waals surface area contributed by atoms with Crippen LogP contribution < -0.4 is 5.32 Å². The third-order valence-electron chi connectivity index (χ3n) is 5.69. The zero-order valence-corrected chi connectivity index (χ0v) is 18.3. The van der Waals surface area contributed by atoms with Crippen LogP contribution in [0.4, 0.5) is 0 Å². The maximum Gasteiger partial charge on any atom is 0.252 e. The summed E-state index contributed by atoms with van der Waals surface area (Å²) in [5, 5.41) is 2.97. The number of morpholine rings is 1. The van der Waals surface area contributed by atoms with Crippen molar-refractivity contribution in [1.29, 1.82) is 0 Å². The van der Waals surface area contributed by atoms with E-state index in [0.717, 1.165) is 25.2 Å². The summed E-state index contributed by atoms with van der Waals surface area (Å²) in [6.45, 7) is 5.49. The summed E-state index contributed by atoms with van der Waals surface area (Å²) >= 11 is 0. The van der Waals surface area contributed by atoms with E-state index in [1.807, 2.05) is 37.3 Å². The summed E-state index contributed by atoms with van der Waals surface area (Å²) < 4.78 is 5.87. The molecule has 1 aliphatic heterocycles. The number of rotatable bonds is 7. The predicted molar refractivity (Wildman–Crippen MR) is 125 cm³/mol. The van der Waals surface area contributed by atoms with E-state index in [1.165, 1.54) is 5.56 Å². The molecule has 0 saturated carbocycles. The van der Waals surface area contributed by atoms with E-state index >= 15 is 0 Å². The molecule has 3 aromatic carbocycles. The molecule has 5 heteroatoms. The van der Waals surface area contributed by atoms with Crippen molar-refractivity contribution in [2.75, 3.05) is 26.2 Å². The molecule has 1 amide bonds. The monoisotopic (exact) mass is 428 g/mol. The van der Waals surface area contributed by atoms with Crippen LogP contribution in [0.3, 0.4) is 0 Å². The van der Waals surface area contributed by atoms with Crippen molar-refractivity contribution in [2.24, 2.45) is 0 Å². The molecular weight excluding hydrogens is 400 g/mol. The van der Waals surface area contributed by atoms with Gasteiger partial charge < -0.3 is 10.1 Å². The van der Waals surface area contributed by atoms with Crippen LogP contribution in [0.1, 0.15) is 37.4 Å². The molecule has 1 heterocycles. The molecule has 5 nitrogen and oxygen atoms in total. The molecular formula is C27H28N2O3. The predicted octanol–water partition coefficient (Wildman–Crippen LogP) is 3.86. The minimum atomic E-state index is -0.259. The summed E-state index contributed by atoms with van der Waals surface area (Å²) in [7, 11) is 0. The second kappa shape index (κ2) is 10.4. The molecule has 1 saturated heterocycles. The van der Waals surface area contributed by atoms with Crippen LogP contribution in [-0.4, -0.2) is 48.9 Å². The molecule has 0 aliphatic carbocycles. The average Bonchev–Trinajstić information content (AvgIpc) is 2.83. The first-order valence-electron chi connectivity index (χ1n) is 11.0. The van der Waals surface area contributed by atoms with Crippen LogP contribution in [0.25, 0.3) is 0 Å². The van der Waals surface area contributed by atoms with Crippen LogP contribution in [0.15, 0.2) is 78.9 Å². The number of ketones is 1. The highest BCUT2D eigenvalue weighted by Crippen LogP contribution is 2.16. The van der Waals surface area contributed by atoms with Gasteiger partial charge >= 0.3 is 0 Å². The Morgan fingerprint density at radius 1 is 0.938 bits per heavy atom. The number of ether oxygens (including phenoxy) is 1. The van der Waals surface area contributed by atoms with Gasteiger partial charge in [0, 0.05) is 37.3 Å². The molecule has 0 aromatic heterocycles. The first-order chi connectivity index (χ1) is 15.6. The molecule has 1 unspecified atom stereocenters. The van der Waals surface area contributed by atoms with Crippen molar-refractivity contribution in [3.05, 3.63) is 107 Å². The van der Waals surface area contributed by atoms with Gasteiger partial charge in [-0.3, -0.25) is 14.5 Å². The minimum absolute atomic E-state index is 0.0867. The Balaban J connectivity index is 1.38. The number of benzene rings is 3. The highest BCUT2D eigenvalue weighted by molar-refractivity contribution is 6.15. The fourth-order valence-electron chi connectivity index (χ4n) is 3.93. The van der Waals surface area contributed by atoms with Gasteiger partial charge in [-0.05, 0) is 18.6 Å². The second-order valence-corrected chi connectivity index (χ2v) is 8.16. The number of aryl methyl sites for hydroxylation is 1. The van der Waals surface area contributed by atoms with Gasteiger partial charge in [0.1, 0.15) is 0 Å². The fourth-order valence-corrected chi connectivity index (χ4v) is 3.93. The number of nitrogens with zero attached hydrogens (tertiary/aromatic N) is 1. The van der Waals surface area contributed by atoms with Crippen molar-refractivity contribution >= 4 is 11.7 Å². The van der Waals surface area contributed by atoms with E-state index in [0.29, 0.717) is 29.8 Å². The molecule has 1 aliphatic rings. The second-order valence-electron chi connectivity index (χ2n) is 8.16. The van der Waals surface area contributed by atoms with E-state index in [1.54, 1.807) is 36.4 Å². The Hall–Kier alpha value is -3.28. The maximum absolute atomic E-state index is 13.0. The van der Waals surface area contributed by atoms with Gasteiger partial charge in [-0.2, -0.15) is 0 Å². The van der Waals surface area contributed by atoms with Crippen molar-refractivity contribution in [3.63, 3.8) is 0 Å². The lowest BCUT2D eigenvalue weighted by molar-refractivity contribution is -0.0292. The number of carbonyl (C=O) groups is 2. The molecule has 32 heavy (non-hydrogen) atoms. The van der Waals surface area contributed by atoms with Crippen LogP contribution in [-0.2, 0) is 11.3 Å². The lowest BCUT2D eigenvalue weighted by Gasteiger charge is -2.33. The number of nitrogens with one attached hydrogen (secondary N) is 1. The lowest BCUT2D eigenvalue weighted by Crippen LogP contribution is -2.47. The summed E-state index contributed by atoms with van der Waals surface area (Å²) in [6.07, 6.45) is -0.0867. The molecule has 1 fully saturated rings.